The van der Waals surface area contributed by atoms with Gasteiger partial charge in [0.25, 0.3) is 0 Å². The number of nitrogens with one attached hydrogen (secondary N) is 1. The molecule has 4 nitrogen and oxygen atoms in total. The van der Waals surface area contributed by atoms with E-state index in [9.17, 15) is 0 Å². The van der Waals surface area contributed by atoms with Crippen molar-refractivity contribution in [3.8, 4) is 0 Å². The molecule has 2 aromatic rings. The van der Waals surface area contributed by atoms with Crippen LogP contribution in [0.1, 0.15) is 49.2 Å². The summed E-state index contributed by atoms with van der Waals surface area (Å²) in [6, 6.07) is 4.63. The van der Waals surface area contributed by atoms with Crippen molar-refractivity contribution >= 4 is 0 Å². The van der Waals surface area contributed by atoms with Gasteiger partial charge in [-0.25, -0.2) is 0 Å². The molecule has 0 spiro atoms. The minimum atomic E-state index is 0.424. The molecule has 0 bridgehead atoms. The minimum Gasteiger partial charge on any atom is -0.469 e. The fourth-order valence-electron chi connectivity index (χ4n) is 2.85. The molecular formula is C15H21N3O. The van der Waals surface area contributed by atoms with Crippen molar-refractivity contribution in [3.63, 3.8) is 0 Å². The topological polar surface area (TPSA) is 43.0 Å². The van der Waals surface area contributed by atoms with Gasteiger partial charge in [0, 0.05) is 37.3 Å². The molecule has 102 valence electrons. The summed E-state index contributed by atoms with van der Waals surface area (Å²) in [4.78, 5) is 0. The normalized spacial score (nSPS) is 18.5. The zero-order valence-corrected chi connectivity index (χ0v) is 11.4. The highest BCUT2D eigenvalue weighted by Crippen LogP contribution is 2.30. The van der Waals surface area contributed by atoms with Crippen molar-refractivity contribution in [1.29, 1.82) is 0 Å². The highest BCUT2D eigenvalue weighted by atomic mass is 16.3. The Kier molecular flexibility index (Phi) is 3.69. The molecule has 1 atom stereocenters. The molecule has 0 aromatic carbocycles. The second-order valence-electron chi connectivity index (χ2n) is 5.17. The number of fused-ring (bicyclic) bond motifs is 1. The SMILES string of the molecule is CCCn1nccc1CNC1CCCc2occc21. The molecule has 1 unspecified atom stereocenters. The van der Waals surface area contributed by atoms with E-state index in [-0.39, 0.29) is 0 Å². The third-order valence-electron chi connectivity index (χ3n) is 3.82. The van der Waals surface area contributed by atoms with Crippen molar-refractivity contribution in [1.82, 2.24) is 15.1 Å². The summed E-state index contributed by atoms with van der Waals surface area (Å²) in [5.41, 5.74) is 2.60. The van der Waals surface area contributed by atoms with Crippen LogP contribution in [-0.2, 0) is 19.5 Å². The number of hydrogen-bond acceptors (Lipinski definition) is 3. The largest absolute Gasteiger partial charge is 0.469 e. The van der Waals surface area contributed by atoms with Gasteiger partial charge in [0.2, 0.25) is 0 Å². The number of aromatic nitrogens is 2. The molecule has 2 heterocycles. The van der Waals surface area contributed by atoms with E-state index in [0.717, 1.165) is 31.7 Å². The van der Waals surface area contributed by atoms with E-state index in [1.165, 1.54) is 24.1 Å². The van der Waals surface area contributed by atoms with Gasteiger partial charge >= 0.3 is 0 Å². The summed E-state index contributed by atoms with van der Waals surface area (Å²) >= 11 is 0. The first kappa shape index (κ1) is 12.5. The van der Waals surface area contributed by atoms with Gasteiger partial charge in [0.05, 0.1) is 12.0 Å². The first-order valence-electron chi connectivity index (χ1n) is 7.19. The third kappa shape index (κ3) is 2.59. The van der Waals surface area contributed by atoms with E-state index in [4.69, 9.17) is 4.42 Å². The van der Waals surface area contributed by atoms with E-state index in [0.29, 0.717) is 6.04 Å². The summed E-state index contributed by atoms with van der Waals surface area (Å²) in [5, 5.41) is 8.01. The fourth-order valence-corrected chi connectivity index (χ4v) is 2.85. The zero-order chi connectivity index (χ0) is 13.1. The molecule has 0 aliphatic heterocycles. The Hall–Kier alpha value is -1.55. The van der Waals surface area contributed by atoms with Gasteiger partial charge in [-0.2, -0.15) is 5.10 Å². The molecular weight excluding hydrogens is 238 g/mol. The Balaban J connectivity index is 1.66. The summed E-state index contributed by atoms with van der Waals surface area (Å²) < 4.78 is 7.62. The monoisotopic (exact) mass is 259 g/mol. The van der Waals surface area contributed by atoms with Crippen LogP contribution in [0, 0.1) is 0 Å². The first-order valence-corrected chi connectivity index (χ1v) is 7.19. The predicted octanol–water partition coefficient (Wildman–Crippen LogP) is 3.05. The van der Waals surface area contributed by atoms with Crippen LogP contribution in [0.4, 0.5) is 0 Å². The lowest BCUT2D eigenvalue weighted by atomic mass is 9.93. The minimum absolute atomic E-state index is 0.424. The van der Waals surface area contributed by atoms with E-state index in [2.05, 4.69) is 34.2 Å². The van der Waals surface area contributed by atoms with Crippen LogP contribution < -0.4 is 5.32 Å². The molecule has 4 heteroatoms. The average Bonchev–Trinajstić information content (AvgIpc) is 3.05. The Morgan fingerprint density at radius 1 is 1.47 bits per heavy atom. The lowest BCUT2D eigenvalue weighted by Crippen LogP contribution is -2.25. The molecule has 0 amide bonds. The number of rotatable bonds is 5. The molecule has 0 saturated carbocycles. The van der Waals surface area contributed by atoms with Gasteiger partial charge in [-0.1, -0.05) is 6.92 Å². The lowest BCUT2D eigenvalue weighted by molar-refractivity contribution is 0.404. The number of aryl methyl sites for hydroxylation is 2. The maximum atomic E-state index is 5.53. The molecule has 1 aliphatic rings. The van der Waals surface area contributed by atoms with Gasteiger partial charge in [-0.15, -0.1) is 0 Å². The van der Waals surface area contributed by atoms with Crippen LogP contribution in [-0.4, -0.2) is 9.78 Å². The molecule has 0 fully saturated rings. The number of furan rings is 1. The first-order chi connectivity index (χ1) is 9.38. The lowest BCUT2D eigenvalue weighted by Gasteiger charge is -2.23. The standard InChI is InChI=1S/C15H21N3O/c1-2-9-18-12(6-8-17-18)11-16-14-4-3-5-15-13(14)7-10-19-15/h6-8,10,14,16H,2-5,9,11H2,1H3. The van der Waals surface area contributed by atoms with E-state index in [1.54, 1.807) is 0 Å². The quantitative estimate of drug-likeness (QED) is 0.897. The Morgan fingerprint density at radius 2 is 2.42 bits per heavy atom. The zero-order valence-electron chi connectivity index (χ0n) is 11.4. The maximum absolute atomic E-state index is 5.53. The molecule has 0 radical (unpaired) electrons. The van der Waals surface area contributed by atoms with Gasteiger partial charge < -0.3 is 9.73 Å². The van der Waals surface area contributed by atoms with Crippen LogP contribution >= 0.6 is 0 Å². The van der Waals surface area contributed by atoms with Crippen molar-refractivity contribution in [2.75, 3.05) is 0 Å². The maximum Gasteiger partial charge on any atom is 0.108 e. The molecule has 1 N–H and O–H groups in total. The summed E-state index contributed by atoms with van der Waals surface area (Å²) in [6.07, 6.45) is 8.28. The number of hydrogen-bond donors (Lipinski definition) is 1. The fraction of sp³-hybridized carbons (Fsp3) is 0.533. The van der Waals surface area contributed by atoms with Crippen LogP contribution in [0.15, 0.2) is 29.0 Å². The second-order valence-corrected chi connectivity index (χ2v) is 5.17. The molecule has 2 aromatic heterocycles. The van der Waals surface area contributed by atoms with Crippen molar-refractivity contribution < 1.29 is 4.42 Å². The summed E-state index contributed by atoms with van der Waals surface area (Å²) in [5.74, 6) is 1.16. The van der Waals surface area contributed by atoms with Gasteiger partial charge in [0.1, 0.15) is 5.76 Å². The van der Waals surface area contributed by atoms with Crippen molar-refractivity contribution in [2.24, 2.45) is 0 Å². The van der Waals surface area contributed by atoms with E-state index < -0.39 is 0 Å². The molecule has 3 rings (SSSR count). The Labute approximate surface area is 113 Å². The summed E-state index contributed by atoms with van der Waals surface area (Å²) in [6.45, 7) is 4.04. The van der Waals surface area contributed by atoms with Gasteiger partial charge in [0.15, 0.2) is 0 Å². The van der Waals surface area contributed by atoms with E-state index in [1.807, 2.05) is 12.5 Å². The smallest absolute Gasteiger partial charge is 0.108 e. The van der Waals surface area contributed by atoms with Gasteiger partial charge in [-0.05, 0) is 31.4 Å². The van der Waals surface area contributed by atoms with Crippen LogP contribution in [0.2, 0.25) is 0 Å². The van der Waals surface area contributed by atoms with Crippen LogP contribution in [0.25, 0.3) is 0 Å². The molecule has 19 heavy (non-hydrogen) atoms. The Bertz CT molecular complexity index is 529. The third-order valence-corrected chi connectivity index (χ3v) is 3.82. The molecule has 0 saturated heterocycles. The average molecular weight is 259 g/mol. The highest BCUT2D eigenvalue weighted by molar-refractivity contribution is 5.24. The summed E-state index contributed by atoms with van der Waals surface area (Å²) in [7, 11) is 0. The highest BCUT2D eigenvalue weighted by Gasteiger charge is 2.22. The van der Waals surface area contributed by atoms with Crippen molar-refractivity contribution in [2.45, 2.75) is 51.7 Å². The van der Waals surface area contributed by atoms with Crippen LogP contribution in [0.5, 0.6) is 0 Å². The van der Waals surface area contributed by atoms with E-state index >= 15 is 0 Å². The molecule has 1 aliphatic carbocycles. The van der Waals surface area contributed by atoms with Gasteiger partial charge in [-0.3, -0.25) is 4.68 Å². The number of nitrogens with zero attached hydrogens (tertiary/aromatic N) is 2. The van der Waals surface area contributed by atoms with Crippen molar-refractivity contribution in [3.05, 3.63) is 41.6 Å². The van der Waals surface area contributed by atoms with Crippen LogP contribution in [0.3, 0.4) is 0 Å². The Morgan fingerprint density at radius 3 is 3.32 bits per heavy atom. The second kappa shape index (κ2) is 5.61. The predicted molar refractivity (Wildman–Crippen MR) is 73.7 cm³/mol.